The van der Waals surface area contributed by atoms with E-state index in [-0.39, 0.29) is 17.9 Å². The highest BCUT2D eigenvalue weighted by atomic mass is 19.1. The summed E-state index contributed by atoms with van der Waals surface area (Å²) in [5.74, 6) is -1.90. The molecule has 0 aliphatic carbocycles. The maximum atomic E-state index is 13.3. The molecule has 1 aromatic carbocycles. The maximum absolute atomic E-state index is 13.3. The number of hydrogen-bond donors (Lipinski definition) is 2. The molecule has 0 saturated heterocycles. The van der Waals surface area contributed by atoms with Gasteiger partial charge in [-0.1, -0.05) is 0 Å². The molecule has 2 N–H and O–H groups in total. The van der Waals surface area contributed by atoms with Crippen molar-refractivity contribution in [1.82, 2.24) is 0 Å². The quantitative estimate of drug-likeness (QED) is 0.829. The van der Waals surface area contributed by atoms with Gasteiger partial charge in [-0.3, -0.25) is 0 Å². The smallest absolute Gasteiger partial charge is 0.338 e. The van der Waals surface area contributed by atoms with Crippen molar-refractivity contribution in [2.45, 2.75) is 25.9 Å². The molecule has 0 spiro atoms. The number of carboxylic acid groups (broad SMARTS) is 1. The third-order valence-corrected chi connectivity index (χ3v) is 2.15. The van der Waals surface area contributed by atoms with Gasteiger partial charge >= 0.3 is 5.97 Å². The van der Waals surface area contributed by atoms with E-state index in [0.717, 1.165) is 12.1 Å². The first-order valence-corrected chi connectivity index (χ1v) is 5.17. The highest BCUT2D eigenvalue weighted by Gasteiger charge is 2.13. The molecule has 0 saturated carbocycles. The van der Waals surface area contributed by atoms with Gasteiger partial charge in [-0.2, -0.15) is 0 Å². The van der Waals surface area contributed by atoms with Gasteiger partial charge < -0.3 is 14.9 Å². The minimum atomic E-state index is -1.31. The number of carbonyl (C=O) groups is 1. The summed E-state index contributed by atoms with van der Waals surface area (Å²) in [6.07, 6.45) is 0.398. The van der Waals surface area contributed by atoms with Crippen LogP contribution in [0.25, 0.3) is 0 Å². The van der Waals surface area contributed by atoms with Crippen LogP contribution in [0.2, 0.25) is 0 Å². The second-order valence-corrected chi connectivity index (χ2v) is 4.36. The van der Waals surface area contributed by atoms with Crippen molar-refractivity contribution < 1.29 is 24.1 Å². The summed E-state index contributed by atoms with van der Waals surface area (Å²) in [6.45, 7) is 3.52. The molecular formula is C12H15FO4. The molecule has 0 amide bonds. The molecule has 4 nitrogen and oxygen atoms in total. The normalized spacial score (nSPS) is 11.3. The first-order chi connectivity index (χ1) is 7.79. The monoisotopic (exact) mass is 242 g/mol. The maximum Gasteiger partial charge on any atom is 0.338 e. The lowest BCUT2D eigenvalue weighted by Gasteiger charge is -2.17. The van der Waals surface area contributed by atoms with Crippen LogP contribution in [0.15, 0.2) is 18.2 Å². The minimum Gasteiger partial charge on any atom is -0.493 e. The zero-order valence-corrected chi connectivity index (χ0v) is 9.74. The topological polar surface area (TPSA) is 66.8 Å². The number of halogens is 1. The van der Waals surface area contributed by atoms with Crippen molar-refractivity contribution in [1.29, 1.82) is 0 Å². The van der Waals surface area contributed by atoms with Gasteiger partial charge in [-0.15, -0.1) is 0 Å². The van der Waals surface area contributed by atoms with Gasteiger partial charge in [-0.05, 0) is 26.0 Å². The van der Waals surface area contributed by atoms with Crippen molar-refractivity contribution in [2.24, 2.45) is 0 Å². The molecule has 0 bridgehead atoms. The average molecular weight is 242 g/mol. The molecule has 1 aromatic rings. The third-order valence-electron chi connectivity index (χ3n) is 2.15. The van der Waals surface area contributed by atoms with E-state index in [4.69, 9.17) is 9.84 Å². The Labute approximate surface area is 98.7 Å². The van der Waals surface area contributed by atoms with E-state index < -0.39 is 17.4 Å². The number of aromatic carboxylic acids is 1. The summed E-state index contributed by atoms with van der Waals surface area (Å²) in [4.78, 5) is 10.6. The van der Waals surface area contributed by atoms with E-state index in [0.29, 0.717) is 6.42 Å². The Hall–Kier alpha value is -1.62. The van der Waals surface area contributed by atoms with Gasteiger partial charge in [0.2, 0.25) is 0 Å². The Morgan fingerprint density at radius 1 is 1.47 bits per heavy atom. The molecule has 1 rings (SSSR count). The first kappa shape index (κ1) is 13.4. The highest BCUT2D eigenvalue weighted by Crippen LogP contribution is 2.17. The number of rotatable bonds is 5. The van der Waals surface area contributed by atoms with Gasteiger partial charge in [0.15, 0.2) is 0 Å². The summed E-state index contributed by atoms with van der Waals surface area (Å²) >= 11 is 0. The summed E-state index contributed by atoms with van der Waals surface area (Å²) in [6, 6.07) is 3.56. The number of ether oxygens (including phenoxy) is 1. The SMILES string of the molecule is CC(C)(O)CCOc1ccc(C(=O)O)c(F)c1. The Morgan fingerprint density at radius 3 is 2.59 bits per heavy atom. The van der Waals surface area contributed by atoms with Gasteiger partial charge in [0.1, 0.15) is 11.6 Å². The molecule has 0 fully saturated rings. The standard InChI is InChI=1S/C12H15FO4/c1-12(2,16)5-6-17-8-3-4-9(11(14)15)10(13)7-8/h3-4,7,16H,5-6H2,1-2H3,(H,14,15). The predicted molar refractivity (Wildman–Crippen MR) is 59.8 cm³/mol. The lowest BCUT2D eigenvalue weighted by molar-refractivity contribution is 0.0553. The molecule has 0 aliphatic rings. The Kier molecular flexibility index (Phi) is 4.07. The number of aliphatic hydroxyl groups is 1. The van der Waals surface area contributed by atoms with Crippen LogP contribution in [0.5, 0.6) is 5.75 Å². The van der Waals surface area contributed by atoms with E-state index >= 15 is 0 Å². The van der Waals surface area contributed by atoms with Gasteiger partial charge in [0.25, 0.3) is 0 Å². The third kappa shape index (κ3) is 4.40. The van der Waals surface area contributed by atoms with Crippen molar-refractivity contribution in [3.63, 3.8) is 0 Å². The lowest BCUT2D eigenvalue weighted by Crippen LogP contribution is -2.21. The molecule has 5 heteroatoms. The second-order valence-electron chi connectivity index (χ2n) is 4.36. The van der Waals surface area contributed by atoms with Crippen LogP contribution in [0, 0.1) is 5.82 Å². The molecule has 0 radical (unpaired) electrons. The van der Waals surface area contributed by atoms with E-state index in [9.17, 15) is 14.3 Å². The van der Waals surface area contributed by atoms with Crippen LogP contribution in [-0.4, -0.2) is 28.4 Å². The van der Waals surface area contributed by atoms with Crippen molar-refractivity contribution >= 4 is 5.97 Å². The number of carboxylic acids is 1. The lowest BCUT2D eigenvalue weighted by atomic mass is 10.1. The minimum absolute atomic E-state index is 0.232. The van der Waals surface area contributed by atoms with E-state index in [2.05, 4.69) is 0 Å². The van der Waals surface area contributed by atoms with Crippen LogP contribution < -0.4 is 4.74 Å². The van der Waals surface area contributed by atoms with E-state index in [1.54, 1.807) is 13.8 Å². The molecule has 0 atom stereocenters. The molecule has 0 unspecified atom stereocenters. The Morgan fingerprint density at radius 2 is 2.12 bits per heavy atom. The highest BCUT2D eigenvalue weighted by molar-refractivity contribution is 5.88. The summed E-state index contributed by atoms with van der Waals surface area (Å²) in [5, 5.41) is 18.1. The van der Waals surface area contributed by atoms with Gasteiger partial charge in [-0.25, -0.2) is 9.18 Å². The van der Waals surface area contributed by atoms with Gasteiger partial charge in [0, 0.05) is 12.5 Å². The number of benzene rings is 1. The largest absolute Gasteiger partial charge is 0.493 e. The fourth-order valence-electron chi connectivity index (χ4n) is 1.18. The second kappa shape index (κ2) is 5.14. The van der Waals surface area contributed by atoms with Crippen LogP contribution in [0.4, 0.5) is 4.39 Å². The van der Waals surface area contributed by atoms with Crippen molar-refractivity contribution in [2.75, 3.05) is 6.61 Å². The van der Waals surface area contributed by atoms with Crippen LogP contribution in [0.1, 0.15) is 30.6 Å². The Bertz CT molecular complexity index is 409. The summed E-state index contributed by atoms with van der Waals surface area (Å²) in [7, 11) is 0. The average Bonchev–Trinajstić information content (AvgIpc) is 2.15. The van der Waals surface area contributed by atoms with E-state index in [1.165, 1.54) is 6.07 Å². The predicted octanol–water partition coefficient (Wildman–Crippen LogP) is 2.06. The van der Waals surface area contributed by atoms with Crippen LogP contribution >= 0.6 is 0 Å². The fraction of sp³-hybridized carbons (Fsp3) is 0.417. The van der Waals surface area contributed by atoms with E-state index in [1.807, 2.05) is 0 Å². The number of hydrogen-bond acceptors (Lipinski definition) is 3. The zero-order chi connectivity index (χ0) is 13.1. The van der Waals surface area contributed by atoms with Crippen LogP contribution in [-0.2, 0) is 0 Å². The Balaban J connectivity index is 2.62. The van der Waals surface area contributed by atoms with Crippen molar-refractivity contribution in [3.05, 3.63) is 29.6 Å². The molecule has 17 heavy (non-hydrogen) atoms. The molecule has 0 aromatic heterocycles. The van der Waals surface area contributed by atoms with Crippen LogP contribution in [0.3, 0.4) is 0 Å². The first-order valence-electron chi connectivity index (χ1n) is 5.17. The molecule has 0 heterocycles. The summed E-state index contributed by atoms with van der Waals surface area (Å²) < 4.78 is 18.5. The van der Waals surface area contributed by atoms with Gasteiger partial charge in [0.05, 0.1) is 17.8 Å². The molecule has 94 valence electrons. The molecular weight excluding hydrogens is 227 g/mol. The molecule has 0 aliphatic heterocycles. The zero-order valence-electron chi connectivity index (χ0n) is 9.74. The fourth-order valence-corrected chi connectivity index (χ4v) is 1.18. The summed E-state index contributed by atoms with van der Waals surface area (Å²) in [5.41, 5.74) is -1.24. The van der Waals surface area contributed by atoms with Crippen molar-refractivity contribution in [3.8, 4) is 5.75 Å².